The Labute approximate surface area is 79.5 Å². The van der Waals surface area contributed by atoms with Crippen molar-refractivity contribution in [1.82, 2.24) is 5.32 Å². The minimum absolute atomic E-state index is 0.983. The molecule has 1 aliphatic rings. The zero-order valence-electron chi connectivity index (χ0n) is 8.01. The lowest BCUT2D eigenvalue weighted by atomic mass is 9.91. The largest absolute Gasteiger partial charge is 0.316 e. The van der Waals surface area contributed by atoms with E-state index in [0.29, 0.717) is 0 Å². The fourth-order valence-corrected chi connectivity index (χ4v) is 1.92. The van der Waals surface area contributed by atoms with Crippen LogP contribution >= 0.6 is 0 Å². The van der Waals surface area contributed by atoms with Crippen molar-refractivity contribution < 1.29 is 0 Å². The maximum Gasteiger partial charge on any atom is 0.0205 e. The highest BCUT2D eigenvalue weighted by Crippen LogP contribution is 2.25. The molecule has 0 aromatic heterocycles. The standard InChI is InChI=1S/C12H15N/c1-13-9-11-7-4-6-10-5-2-3-8-12(10)11/h2-3,5,7-8,13H,4,6,9H2,1H3. The van der Waals surface area contributed by atoms with Crippen LogP contribution in [0.2, 0.25) is 0 Å². The van der Waals surface area contributed by atoms with Crippen molar-refractivity contribution in [3.05, 3.63) is 41.5 Å². The predicted octanol–water partition coefficient (Wildman–Crippen LogP) is 2.24. The lowest BCUT2D eigenvalue weighted by Crippen LogP contribution is -2.12. The maximum absolute atomic E-state index is 3.21. The van der Waals surface area contributed by atoms with Crippen LogP contribution in [0.3, 0.4) is 0 Å². The van der Waals surface area contributed by atoms with E-state index >= 15 is 0 Å². The molecule has 13 heavy (non-hydrogen) atoms. The highest BCUT2D eigenvalue weighted by Gasteiger charge is 2.09. The van der Waals surface area contributed by atoms with E-state index in [1.54, 1.807) is 0 Å². The quantitative estimate of drug-likeness (QED) is 0.723. The van der Waals surface area contributed by atoms with E-state index in [-0.39, 0.29) is 0 Å². The van der Waals surface area contributed by atoms with Crippen LogP contribution in [-0.4, -0.2) is 13.6 Å². The Morgan fingerprint density at radius 3 is 3.00 bits per heavy atom. The summed E-state index contributed by atoms with van der Waals surface area (Å²) in [4.78, 5) is 0. The van der Waals surface area contributed by atoms with Gasteiger partial charge in [0.15, 0.2) is 0 Å². The number of hydrogen-bond donors (Lipinski definition) is 1. The van der Waals surface area contributed by atoms with Crippen molar-refractivity contribution in [2.75, 3.05) is 13.6 Å². The maximum atomic E-state index is 3.21. The summed E-state index contributed by atoms with van der Waals surface area (Å²) < 4.78 is 0. The first-order chi connectivity index (χ1) is 6.42. The number of nitrogens with one attached hydrogen (secondary N) is 1. The number of hydrogen-bond acceptors (Lipinski definition) is 1. The molecule has 0 spiro atoms. The molecular formula is C12H15N. The summed E-state index contributed by atoms with van der Waals surface area (Å²) in [5.41, 5.74) is 4.38. The van der Waals surface area contributed by atoms with E-state index in [2.05, 4.69) is 35.7 Å². The molecule has 0 radical (unpaired) electrons. The molecule has 0 heterocycles. The molecule has 0 amide bonds. The summed E-state index contributed by atoms with van der Waals surface area (Å²) in [6.45, 7) is 0.983. The second-order valence-corrected chi connectivity index (χ2v) is 3.46. The number of aryl methyl sites for hydroxylation is 1. The van der Waals surface area contributed by atoms with Gasteiger partial charge in [0.25, 0.3) is 0 Å². The number of allylic oxidation sites excluding steroid dienone is 1. The highest BCUT2D eigenvalue weighted by molar-refractivity contribution is 5.71. The molecule has 0 aliphatic heterocycles. The zero-order valence-corrected chi connectivity index (χ0v) is 8.01. The molecule has 1 aromatic rings. The van der Waals surface area contributed by atoms with E-state index in [9.17, 15) is 0 Å². The van der Waals surface area contributed by atoms with E-state index in [1.807, 2.05) is 7.05 Å². The van der Waals surface area contributed by atoms with Crippen molar-refractivity contribution in [2.24, 2.45) is 0 Å². The van der Waals surface area contributed by atoms with Gasteiger partial charge in [-0.15, -0.1) is 0 Å². The average molecular weight is 173 g/mol. The second kappa shape index (κ2) is 3.75. The Bertz CT molecular complexity index is 326. The first-order valence-corrected chi connectivity index (χ1v) is 4.83. The Hall–Kier alpha value is -1.08. The number of fused-ring (bicyclic) bond motifs is 1. The first-order valence-electron chi connectivity index (χ1n) is 4.83. The van der Waals surface area contributed by atoms with Gasteiger partial charge in [0, 0.05) is 6.54 Å². The van der Waals surface area contributed by atoms with Crippen molar-refractivity contribution >= 4 is 5.57 Å². The van der Waals surface area contributed by atoms with Crippen LogP contribution < -0.4 is 5.32 Å². The minimum Gasteiger partial charge on any atom is -0.316 e. The van der Waals surface area contributed by atoms with Crippen molar-refractivity contribution in [3.8, 4) is 0 Å². The van der Waals surface area contributed by atoms with Crippen LogP contribution in [0.25, 0.3) is 5.57 Å². The Morgan fingerprint density at radius 1 is 1.31 bits per heavy atom. The molecule has 1 aliphatic carbocycles. The fraction of sp³-hybridized carbons (Fsp3) is 0.333. The highest BCUT2D eigenvalue weighted by atomic mass is 14.8. The van der Waals surface area contributed by atoms with Gasteiger partial charge in [0.2, 0.25) is 0 Å². The molecule has 0 saturated heterocycles. The van der Waals surface area contributed by atoms with E-state index < -0.39 is 0 Å². The van der Waals surface area contributed by atoms with Gasteiger partial charge in [-0.2, -0.15) is 0 Å². The molecule has 68 valence electrons. The van der Waals surface area contributed by atoms with Crippen molar-refractivity contribution in [1.29, 1.82) is 0 Å². The second-order valence-electron chi connectivity index (χ2n) is 3.46. The molecule has 1 aromatic carbocycles. The zero-order chi connectivity index (χ0) is 9.10. The van der Waals surface area contributed by atoms with Gasteiger partial charge in [-0.25, -0.2) is 0 Å². The topological polar surface area (TPSA) is 12.0 Å². The molecule has 0 atom stereocenters. The van der Waals surface area contributed by atoms with Gasteiger partial charge in [-0.1, -0.05) is 30.3 Å². The fourth-order valence-electron chi connectivity index (χ4n) is 1.92. The van der Waals surface area contributed by atoms with Crippen LogP contribution in [0.15, 0.2) is 30.3 Å². The molecule has 1 nitrogen and oxygen atoms in total. The summed E-state index contributed by atoms with van der Waals surface area (Å²) >= 11 is 0. The Kier molecular flexibility index (Phi) is 2.46. The molecule has 0 unspecified atom stereocenters. The van der Waals surface area contributed by atoms with Gasteiger partial charge in [-0.05, 0) is 36.6 Å². The number of rotatable bonds is 2. The lowest BCUT2D eigenvalue weighted by Gasteiger charge is -2.17. The van der Waals surface area contributed by atoms with Crippen LogP contribution in [-0.2, 0) is 6.42 Å². The lowest BCUT2D eigenvalue weighted by molar-refractivity contribution is 0.901. The van der Waals surface area contributed by atoms with Gasteiger partial charge in [-0.3, -0.25) is 0 Å². The summed E-state index contributed by atoms with van der Waals surface area (Å²) in [6.07, 6.45) is 4.73. The average Bonchev–Trinajstić information content (AvgIpc) is 2.19. The monoisotopic (exact) mass is 173 g/mol. The third-order valence-electron chi connectivity index (χ3n) is 2.53. The molecule has 1 N–H and O–H groups in total. The minimum atomic E-state index is 0.983. The third kappa shape index (κ3) is 1.65. The van der Waals surface area contributed by atoms with E-state index in [1.165, 1.54) is 29.5 Å². The third-order valence-corrected chi connectivity index (χ3v) is 2.53. The van der Waals surface area contributed by atoms with Gasteiger partial charge in [0.05, 0.1) is 0 Å². The van der Waals surface area contributed by atoms with Crippen LogP contribution in [0, 0.1) is 0 Å². The summed E-state index contributed by atoms with van der Waals surface area (Å²) in [5.74, 6) is 0. The van der Waals surface area contributed by atoms with Gasteiger partial charge >= 0.3 is 0 Å². The number of benzene rings is 1. The normalized spacial score (nSPS) is 15.0. The molecular weight excluding hydrogens is 158 g/mol. The SMILES string of the molecule is CNCC1=CCCc2ccccc21. The summed E-state index contributed by atoms with van der Waals surface area (Å²) in [7, 11) is 2.00. The van der Waals surface area contributed by atoms with Crippen molar-refractivity contribution in [3.63, 3.8) is 0 Å². The molecule has 0 bridgehead atoms. The van der Waals surface area contributed by atoms with Crippen molar-refractivity contribution in [2.45, 2.75) is 12.8 Å². The van der Waals surface area contributed by atoms with Crippen LogP contribution in [0.1, 0.15) is 17.5 Å². The Morgan fingerprint density at radius 2 is 2.15 bits per heavy atom. The molecule has 2 rings (SSSR count). The summed E-state index contributed by atoms with van der Waals surface area (Å²) in [5, 5.41) is 3.21. The molecule has 0 fully saturated rings. The predicted molar refractivity (Wildman–Crippen MR) is 56.7 cm³/mol. The molecule has 0 saturated carbocycles. The Balaban J connectivity index is 2.36. The van der Waals surface area contributed by atoms with E-state index in [0.717, 1.165) is 6.54 Å². The van der Waals surface area contributed by atoms with Crippen LogP contribution in [0.5, 0.6) is 0 Å². The van der Waals surface area contributed by atoms with E-state index in [4.69, 9.17) is 0 Å². The first kappa shape index (κ1) is 8.52. The smallest absolute Gasteiger partial charge is 0.0205 e. The summed E-state index contributed by atoms with van der Waals surface area (Å²) in [6, 6.07) is 8.70. The van der Waals surface area contributed by atoms with Crippen LogP contribution in [0.4, 0.5) is 0 Å². The van der Waals surface area contributed by atoms with Gasteiger partial charge in [0.1, 0.15) is 0 Å². The number of likely N-dealkylation sites (N-methyl/N-ethyl adjacent to an activating group) is 1. The van der Waals surface area contributed by atoms with Gasteiger partial charge < -0.3 is 5.32 Å². The molecule has 1 heteroatoms.